The van der Waals surface area contributed by atoms with Gasteiger partial charge in [-0.05, 0) is 24.5 Å². The monoisotopic (exact) mass is 289 g/mol. The Kier molecular flexibility index (Phi) is 5.54. The van der Waals surface area contributed by atoms with E-state index in [-0.39, 0.29) is 6.42 Å². The minimum Gasteiger partial charge on any atom is -0.480 e. The average Bonchev–Trinajstić information content (AvgIpc) is 2.36. The van der Waals surface area contributed by atoms with Gasteiger partial charge in [-0.25, -0.2) is 0 Å². The minimum atomic E-state index is -4.38. The van der Waals surface area contributed by atoms with Crippen LogP contribution in [0.15, 0.2) is 24.3 Å². The molecule has 0 unspecified atom stereocenters. The normalized spacial score (nSPS) is 11.2. The second-order valence-electron chi connectivity index (χ2n) is 4.22. The molecule has 2 N–H and O–H groups in total. The van der Waals surface area contributed by atoms with Crippen molar-refractivity contribution in [3.8, 4) is 0 Å². The van der Waals surface area contributed by atoms with Gasteiger partial charge in [0.15, 0.2) is 0 Å². The number of rotatable bonds is 6. The van der Waals surface area contributed by atoms with Gasteiger partial charge in [-0.1, -0.05) is 18.2 Å². The number of benzene rings is 1. The molecule has 1 aromatic rings. The molecule has 0 fully saturated rings. The van der Waals surface area contributed by atoms with E-state index in [4.69, 9.17) is 5.11 Å². The van der Waals surface area contributed by atoms with E-state index >= 15 is 0 Å². The predicted molar refractivity (Wildman–Crippen MR) is 65.0 cm³/mol. The highest BCUT2D eigenvalue weighted by Gasteiger charge is 2.30. The Bertz CT molecular complexity index is 486. The van der Waals surface area contributed by atoms with Crippen molar-refractivity contribution in [2.75, 3.05) is 6.54 Å². The maximum absolute atomic E-state index is 12.5. The SMILES string of the molecule is O=C(O)CNC(=O)CCCc1cccc(C(F)(F)F)c1. The van der Waals surface area contributed by atoms with Crippen LogP contribution in [0.4, 0.5) is 13.2 Å². The molecule has 20 heavy (non-hydrogen) atoms. The lowest BCUT2D eigenvalue weighted by Gasteiger charge is -2.08. The van der Waals surface area contributed by atoms with Crippen LogP contribution in [0.25, 0.3) is 0 Å². The van der Waals surface area contributed by atoms with Gasteiger partial charge in [0.2, 0.25) is 5.91 Å². The zero-order valence-corrected chi connectivity index (χ0v) is 10.5. The molecule has 0 spiro atoms. The predicted octanol–water partition coefficient (Wildman–Crippen LogP) is 2.23. The van der Waals surface area contributed by atoms with E-state index < -0.39 is 30.2 Å². The summed E-state index contributed by atoms with van der Waals surface area (Å²) in [4.78, 5) is 21.4. The first-order chi connectivity index (χ1) is 9.29. The topological polar surface area (TPSA) is 66.4 Å². The van der Waals surface area contributed by atoms with Crippen LogP contribution in [0.1, 0.15) is 24.0 Å². The molecular formula is C13H14F3NO3. The van der Waals surface area contributed by atoms with Crippen LogP contribution in [0.2, 0.25) is 0 Å². The quantitative estimate of drug-likeness (QED) is 0.844. The molecule has 7 heteroatoms. The lowest BCUT2D eigenvalue weighted by Crippen LogP contribution is -2.28. The summed E-state index contributed by atoms with van der Waals surface area (Å²) < 4.78 is 37.4. The zero-order chi connectivity index (χ0) is 15.2. The number of carboxylic acid groups (broad SMARTS) is 1. The van der Waals surface area contributed by atoms with E-state index in [1.54, 1.807) is 6.07 Å². The van der Waals surface area contributed by atoms with Crippen LogP contribution in [0.5, 0.6) is 0 Å². The second-order valence-corrected chi connectivity index (χ2v) is 4.22. The summed E-state index contributed by atoms with van der Waals surface area (Å²) in [7, 11) is 0. The van der Waals surface area contributed by atoms with Crippen LogP contribution in [-0.4, -0.2) is 23.5 Å². The van der Waals surface area contributed by atoms with Gasteiger partial charge < -0.3 is 10.4 Å². The third kappa shape index (κ3) is 5.73. The maximum atomic E-state index is 12.5. The van der Waals surface area contributed by atoms with Crippen molar-refractivity contribution in [3.63, 3.8) is 0 Å². The largest absolute Gasteiger partial charge is 0.480 e. The van der Waals surface area contributed by atoms with Crippen molar-refractivity contribution in [3.05, 3.63) is 35.4 Å². The van der Waals surface area contributed by atoms with Crippen LogP contribution in [0.3, 0.4) is 0 Å². The first-order valence-corrected chi connectivity index (χ1v) is 5.93. The van der Waals surface area contributed by atoms with Gasteiger partial charge in [0.1, 0.15) is 6.54 Å². The molecule has 1 aromatic carbocycles. The highest BCUT2D eigenvalue weighted by atomic mass is 19.4. The maximum Gasteiger partial charge on any atom is 0.416 e. The standard InChI is InChI=1S/C13H14F3NO3/c14-13(15,16)10-5-1-3-9(7-10)4-2-6-11(18)17-8-12(19)20/h1,3,5,7H,2,4,6,8H2,(H,17,18)(H,19,20). The summed E-state index contributed by atoms with van der Waals surface area (Å²) >= 11 is 0. The molecule has 1 rings (SSSR count). The third-order valence-electron chi connectivity index (χ3n) is 2.56. The molecule has 0 radical (unpaired) electrons. The Hall–Kier alpha value is -2.05. The van der Waals surface area contributed by atoms with Gasteiger partial charge in [0.25, 0.3) is 0 Å². The smallest absolute Gasteiger partial charge is 0.416 e. The number of nitrogens with one attached hydrogen (secondary N) is 1. The van der Waals surface area contributed by atoms with E-state index in [0.29, 0.717) is 18.4 Å². The number of aliphatic carboxylic acids is 1. The average molecular weight is 289 g/mol. The fourth-order valence-electron chi connectivity index (χ4n) is 1.62. The summed E-state index contributed by atoms with van der Waals surface area (Å²) in [6, 6.07) is 4.92. The Morgan fingerprint density at radius 1 is 1.25 bits per heavy atom. The number of amides is 1. The summed E-state index contributed by atoms with van der Waals surface area (Å²) in [6.45, 7) is -0.456. The first-order valence-electron chi connectivity index (χ1n) is 5.93. The van der Waals surface area contributed by atoms with Crippen LogP contribution in [-0.2, 0) is 22.2 Å². The lowest BCUT2D eigenvalue weighted by molar-refractivity contribution is -0.138. The second kappa shape index (κ2) is 6.93. The molecule has 0 aliphatic carbocycles. The molecule has 0 aliphatic heterocycles. The van der Waals surface area contributed by atoms with E-state index in [2.05, 4.69) is 5.32 Å². The van der Waals surface area contributed by atoms with Crippen LogP contribution in [0, 0.1) is 0 Å². The molecule has 0 aromatic heterocycles. The van der Waals surface area contributed by atoms with Crippen molar-refractivity contribution in [2.24, 2.45) is 0 Å². The van der Waals surface area contributed by atoms with E-state index in [1.807, 2.05) is 0 Å². The lowest BCUT2D eigenvalue weighted by atomic mass is 10.0. The summed E-state index contributed by atoms with van der Waals surface area (Å²) in [5.74, 6) is -1.57. The van der Waals surface area contributed by atoms with Gasteiger partial charge in [0.05, 0.1) is 5.56 Å². The zero-order valence-electron chi connectivity index (χ0n) is 10.5. The summed E-state index contributed by atoms with van der Waals surface area (Å²) in [5.41, 5.74) is -0.226. The minimum absolute atomic E-state index is 0.0729. The van der Waals surface area contributed by atoms with Crippen molar-refractivity contribution in [2.45, 2.75) is 25.4 Å². The molecule has 0 bridgehead atoms. The number of hydrogen-bond acceptors (Lipinski definition) is 2. The van der Waals surface area contributed by atoms with Crippen molar-refractivity contribution < 1.29 is 27.9 Å². The van der Waals surface area contributed by atoms with Gasteiger partial charge in [-0.3, -0.25) is 9.59 Å². The Labute approximate surface area is 113 Å². The fraction of sp³-hybridized carbons (Fsp3) is 0.385. The van der Waals surface area contributed by atoms with Gasteiger partial charge in [-0.2, -0.15) is 13.2 Å². The fourth-order valence-corrected chi connectivity index (χ4v) is 1.62. The number of hydrogen-bond donors (Lipinski definition) is 2. The highest BCUT2D eigenvalue weighted by molar-refractivity contribution is 5.80. The summed E-state index contributed by atoms with van der Waals surface area (Å²) in [5, 5.41) is 10.5. The third-order valence-corrected chi connectivity index (χ3v) is 2.56. The Morgan fingerprint density at radius 3 is 2.55 bits per heavy atom. The molecule has 0 saturated heterocycles. The number of alkyl halides is 3. The molecule has 0 atom stereocenters. The van der Waals surface area contributed by atoms with E-state index in [0.717, 1.165) is 12.1 Å². The molecule has 4 nitrogen and oxygen atoms in total. The highest BCUT2D eigenvalue weighted by Crippen LogP contribution is 2.29. The molecule has 0 heterocycles. The van der Waals surface area contributed by atoms with Crippen molar-refractivity contribution in [1.82, 2.24) is 5.32 Å². The molecule has 1 amide bonds. The van der Waals surface area contributed by atoms with Gasteiger partial charge in [-0.15, -0.1) is 0 Å². The Balaban J connectivity index is 2.43. The molecule has 110 valence electrons. The summed E-state index contributed by atoms with van der Waals surface area (Å²) in [6.07, 6.45) is -3.63. The number of halogens is 3. The van der Waals surface area contributed by atoms with Crippen molar-refractivity contribution in [1.29, 1.82) is 0 Å². The first kappa shape index (κ1) is 16.0. The van der Waals surface area contributed by atoms with Crippen molar-refractivity contribution >= 4 is 11.9 Å². The number of carboxylic acids is 1. The molecule has 0 aliphatic rings. The van der Waals surface area contributed by atoms with Crippen LogP contribution < -0.4 is 5.32 Å². The number of carbonyl (C=O) groups is 2. The molecular weight excluding hydrogens is 275 g/mol. The van der Waals surface area contributed by atoms with Crippen LogP contribution >= 0.6 is 0 Å². The van der Waals surface area contributed by atoms with E-state index in [9.17, 15) is 22.8 Å². The van der Waals surface area contributed by atoms with E-state index in [1.165, 1.54) is 6.07 Å². The number of aryl methyl sites for hydroxylation is 1. The number of carbonyl (C=O) groups excluding carboxylic acids is 1. The van der Waals surface area contributed by atoms with Gasteiger partial charge in [0, 0.05) is 6.42 Å². The van der Waals surface area contributed by atoms with Gasteiger partial charge >= 0.3 is 12.1 Å². The molecule has 0 saturated carbocycles. The Morgan fingerprint density at radius 2 is 1.95 bits per heavy atom.